The number of para-hydroxylation sites is 1. The number of carbonyl (C=O) groups excluding carboxylic acids is 1. The van der Waals surface area contributed by atoms with E-state index in [2.05, 4.69) is 10.3 Å². The Morgan fingerprint density at radius 1 is 1.11 bits per heavy atom. The van der Waals surface area contributed by atoms with E-state index in [1.165, 1.54) is 7.11 Å². The summed E-state index contributed by atoms with van der Waals surface area (Å²) in [6, 6.07) is 11.5. The van der Waals surface area contributed by atoms with E-state index < -0.39 is 0 Å². The molecule has 138 valence electrons. The van der Waals surface area contributed by atoms with Crippen molar-refractivity contribution < 1.29 is 23.7 Å². The van der Waals surface area contributed by atoms with Crippen LogP contribution in [0, 0.1) is 0 Å². The lowest BCUT2D eigenvalue weighted by atomic mass is 9.99. The summed E-state index contributed by atoms with van der Waals surface area (Å²) in [5.41, 5.74) is 1.81. The van der Waals surface area contributed by atoms with Gasteiger partial charge in [0, 0.05) is 22.7 Å². The topological polar surface area (TPSA) is 78.9 Å². The molecule has 1 N–H and O–H groups in total. The smallest absolute Gasteiger partial charge is 0.325 e. The highest BCUT2D eigenvalue weighted by Gasteiger charge is 2.20. The molecule has 0 amide bonds. The summed E-state index contributed by atoms with van der Waals surface area (Å²) < 4.78 is 21.2. The Balaban J connectivity index is 1.89. The molecule has 1 aliphatic rings. The van der Waals surface area contributed by atoms with Crippen LogP contribution in [0.5, 0.6) is 17.2 Å². The van der Waals surface area contributed by atoms with Crippen molar-refractivity contribution in [2.24, 2.45) is 0 Å². The summed E-state index contributed by atoms with van der Waals surface area (Å²) in [6.07, 6.45) is 1.75. The number of pyridine rings is 1. The van der Waals surface area contributed by atoms with Gasteiger partial charge in [-0.1, -0.05) is 18.2 Å². The Morgan fingerprint density at radius 3 is 2.59 bits per heavy atom. The summed E-state index contributed by atoms with van der Waals surface area (Å²) in [6.45, 7) is 0.190. The monoisotopic (exact) mass is 366 g/mol. The summed E-state index contributed by atoms with van der Waals surface area (Å²) in [5.74, 6) is 2.24. The highest BCUT2D eigenvalue weighted by atomic mass is 16.7. The Hall–Kier alpha value is -3.48. The molecule has 4 rings (SSSR count). The van der Waals surface area contributed by atoms with Crippen LogP contribution in [-0.4, -0.2) is 38.5 Å². The van der Waals surface area contributed by atoms with Gasteiger partial charge in [0.1, 0.15) is 18.1 Å². The van der Waals surface area contributed by atoms with Crippen molar-refractivity contribution in [3.05, 3.63) is 42.6 Å². The number of anilines is 1. The van der Waals surface area contributed by atoms with Crippen molar-refractivity contribution in [1.29, 1.82) is 0 Å². The summed E-state index contributed by atoms with van der Waals surface area (Å²) in [5, 5.41) is 4.74. The van der Waals surface area contributed by atoms with Gasteiger partial charge >= 0.3 is 5.97 Å². The lowest BCUT2D eigenvalue weighted by molar-refractivity contribution is -0.138. The maximum atomic E-state index is 11.5. The zero-order chi connectivity index (χ0) is 18.8. The van der Waals surface area contributed by atoms with Crippen LogP contribution in [0.15, 0.2) is 42.6 Å². The Bertz CT molecular complexity index is 1020. The van der Waals surface area contributed by atoms with Crippen LogP contribution in [0.1, 0.15) is 0 Å². The van der Waals surface area contributed by atoms with Gasteiger partial charge < -0.3 is 24.3 Å². The van der Waals surface area contributed by atoms with E-state index in [0.29, 0.717) is 17.3 Å². The number of nitrogens with one attached hydrogen (secondary N) is 1. The predicted octanol–water partition coefficient (Wildman–Crippen LogP) is 3.22. The Labute approximate surface area is 155 Å². The van der Waals surface area contributed by atoms with E-state index in [0.717, 1.165) is 27.6 Å². The molecule has 0 atom stereocenters. The number of fused-ring (bicyclic) bond motifs is 2. The summed E-state index contributed by atoms with van der Waals surface area (Å²) >= 11 is 0. The number of benzene rings is 2. The predicted molar refractivity (Wildman–Crippen MR) is 100 cm³/mol. The molecule has 2 aromatic carbocycles. The number of ether oxygens (including phenoxy) is 4. The van der Waals surface area contributed by atoms with Gasteiger partial charge in [0.25, 0.3) is 0 Å². The zero-order valence-electron chi connectivity index (χ0n) is 14.9. The fourth-order valence-electron chi connectivity index (χ4n) is 3.08. The van der Waals surface area contributed by atoms with E-state index in [1.54, 1.807) is 13.3 Å². The first-order chi connectivity index (χ1) is 13.2. The zero-order valence-corrected chi connectivity index (χ0v) is 14.9. The molecular weight excluding hydrogens is 348 g/mol. The lowest BCUT2D eigenvalue weighted by Gasteiger charge is -2.14. The van der Waals surface area contributed by atoms with E-state index in [-0.39, 0.29) is 19.3 Å². The third-order valence-electron chi connectivity index (χ3n) is 4.41. The molecule has 0 spiro atoms. The molecule has 3 aromatic rings. The number of carbonyl (C=O) groups is 1. The van der Waals surface area contributed by atoms with Crippen LogP contribution in [0.25, 0.3) is 21.9 Å². The van der Waals surface area contributed by atoms with Crippen LogP contribution in [0.3, 0.4) is 0 Å². The molecule has 1 aliphatic heterocycles. The van der Waals surface area contributed by atoms with Crippen molar-refractivity contribution in [3.8, 4) is 28.4 Å². The standard InChI is InChI=1S/C20H18N2O5/c1-24-16-6-4-3-5-12(16)15-9-21-20(22-10-19(23)25-2)14-8-18-17(7-13(14)15)26-11-27-18/h3-9H,10-11H2,1-2H3,(H,21,22). The van der Waals surface area contributed by atoms with Gasteiger partial charge in [-0.05, 0) is 23.6 Å². The first-order valence-electron chi connectivity index (χ1n) is 8.37. The van der Waals surface area contributed by atoms with Gasteiger partial charge in [-0.2, -0.15) is 0 Å². The second kappa shape index (κ2) is 7.03. The highest BCUT2D eigenvalue weighted by Crippen LogP contribution is 2.43. The third kappa shape index (κ3) is 3.08. The minimum absolute atomic E-state index is 0.0149. The Kier molecular flexibility index (Phi) is 4.42. The van der Waals surface area contributed by atoms with Crippen LogP contribution >= 0.6 is 0 Å². The van der Waals surface area contributed by atoms with E-state index in [9.17, 15) is 4.79 Å². The van der Waals surface area contributed by atoms with E-state index in [1.807, 2.05) is 36.4 Å². The molecule has 1 aromatic heterocycles. The van der Waals surface area contributed by atoms with Crippen LogP contribution in [-0.2, 0) is 9.53 Å². The van der Waals surface area contributed by atoms with Crippen molar-refractivity contribution in [3.63, 3.8) is 0 Å². The molecule has 0 aliphatic carbocycles. The molecule has 0 saturated heterocycles. The van der Waals surface area contributed by atoms with Crippen LogP contribution < -0.4 is 19.5 Å². The largest absolute Gasteiger partial charge is 0.496 e. The molecule has 0 saturated carbocycles. The maximum Gasteiger partial charge on any atom is 0.325 e. The quantitative estimate of drug-likeness (QED) is 0.695. The fraction of sp³-hybridized carbons (Fsp3) is 0.200. The van der Waals surface area contributed by atoms with Crippen molar-refractivity contribution in [2.75, 3.05) is 32.9 Å². The molecule has 27 heavy (non-hydrogen) atoms. The first-order valence-corrected chi connectivity index (χ1v) is 8.37. The lowest BCUT2D eigenvalue weighted by Crippen LogP contribution is -2.15. The summed E-state index contributed by atoms with van der Waals surface area (Å²) in [7, 11) is 2.98. The van der Waals surface area contributed by atoms with Crippen molar-refractivity contribution in [1.82, 2.24) is 4.98 Å². The number of esters is 1. The average Bonchev–Trinajstić information content (AvgIpc) is 3.17. The van der Waals surface area contributed by atoms with Crippen molar-refractivity contribution in [2.45, 2.75) is 0 Å². The minimum atomic E-state index is -0.375. The van der Waals surface area contributed by atoms with Gasteiger partial charge in [-0.25, -0.2) is 4.98 Å². The number of hydrogen-bond acceptors (Lipinski definition) is 7. The van der Waals surface area contributed by atoms with Gasteiger partial charge in [0.05, 0.1) is 14.2 Å². The van der Waals surface area contributed by atoms with Crippen LogP contribution in [0.2, 0.25) is 0 Å². The number of methoxy groups -OCH3 is 2. The second-order valence-electron chi connectivity index (χ2n) is 5.90. The molecule has 7 heteroatoms. The first kappa shape index (κ1) is 17.0. The number of hydrogen-bond donors (Lipinski definition) is 1. The second-order valence-corrected chi connectivity index (χ2v) is 5.90. The number of nitrogens with zero attached hydrogens (tertiary/aromatic N) is 1. The fourth-order valence-corrected chi connectivity index (χ4v) is 3.08. The molecule has 2 heterocycles. The molecule has 7 nitrogen and oxygen atoms in total. The van der Waals surface area contributed by atoms with Crippen LogP contribution in [0.4, 0.5) is 5.82 Å². The molecule has 0 bridgehead atoms. The van der Waals surface area contributed by atoms with Crippen molar-refractivity contribution >= 4 is 22.6 Å². The van der Waals surface area contributed by atoms with Gasteiger partial charge in [-0.3, -0.25) is 4.79 Å². The molecule has 0 fully saturated rings. The van der Waals surface area contributed by atoms with Gasteiger partial charge in [0.2, 0.25) is 6.79 Å². The number of aromatic nitrogens is 1. The summed E-state index contributed by atoms with van der Waals surface area (Å²) in [4.78, 5) is 16.0. The number of rotatable bonds is 5. The van der Waals surface area contributed by atoms with E-state index >= 15 is 0 Å². The highest BCUT2D eigenvalue weighted by molar-refractivity contribution is 6.04. The minimum Gasteiger partial charge on any atom is -0.496 e. The van der Waals surface area contributed by atoms with Gasteiger partial charge in [-0.15, -0.1) is 0 Å². The Morgan fingerprint density at radius 2 is 1.85 bits per heavy atom. The SMILES string of the molecule is COC(=O)CNc1ncc(-c2ccccc2OC)c2cc3c(cc12)OCO3. The van der Waals surface area contributed by atoms with Gasteiger partial charge in [0.15, 0.2) is 11.5 Å². The maximum absolute atomic E-state index is 11.5. The molecule has 0 unspecified atom stereocenters. The average molecular weight is 366 g/mol. The van der Waals surface area contributed by atoms with E-state index in [4.69, 9.17) is 18.9 Å². The molecular formula is C20H18N2O5. The normalized spacial score (nSPS) is 12.1. The third-order valence-corrected chi connectivity index (χ3v) is 4.41. The molecule has 0 radical (unpaired) electrons.